The zero-order valence-electron chi connectivity index (χ0n) is 18.3. The molecule has 2 aromatic heterocycles. The number of fused-ring (bicyclic) bond motifs is 1. The highest BCUT2D eigenvalue weighted by atomic mass is 32.2. The molecule has 1 saturated heterocycles. The molecule has 0 bridgehead atoms. The Labute approximate surface area is 186 Å². The fourth-order valence-corrected chi connectivity index (χ4v) is 5.75. The van der Waals surface area contributed by atoms with Gasteiger partial charge in [-0.25, -0.2) is 22.6 Å². The van der Waals surface area contributed by atoms with E-state index in [2.05, 4.69) is 4.98 Å². The molecule has 0 N–H and O–H groups in total. The number of aryl methyl sites for hydroxylation is 1. The Morgan fingerprint density at radius 3 is 2.53 bits per heavy atom. The summed E-state index contributed by atoms with van der Waals surface area (Å²) in [6.07, 6.45) is 2.51. The van der Waals surface area contributed by atoms with Crippen LogP contribution >= 0.6 is 0 Å². The first-order valence-electron chi connectivity index (χ1n) is 10.4. The van der Waals surface area contributed by atoms with Gasteiger partial charge in [0.1, 0.15) is 10.7 Å². The van der Waals surface area contributed by atoms with E-state index in [4.69, 9.17) is 7.05 Å². The predicted octanol–water partition coefficient (Wildman–Crippen LogP) is 2.25. The van der Waals surface area contributed by atoms with Crippen molar-refractivity contribution in [2.24, 2.45) is 0 Å². The molecule has 1 fully saturated rings. The number of nitrogens with zero attached hydrogens (tertiary/aromatic N) is 5. The molecular formula is C22H26FN5O3S. The zero-order chi connectivity index (χ0) is 23.2. The summed E-state index contributed by atoms with van der Waals surface area (Å²) < 4.78 is 44.1. The second-order valence-electron chi connectivity index (χ2n) is 8.52. The van der Waals surface area contributed by atoms with Crippen molar-refractivity contribution in [3.05, 3.63) is 64.9 Å². The smallest absolute Gasteiger partial charge is 0.305 e. The molecule has 1 aliphatic heterocycles. The molecule has 0 saturated carbocycles. The fraction of sp³-hybridized carbons (Fsp3) is 0.409. The molecule has 0 aliphatic carbocycles. The van der Waals surface area contributed by atoms with E-state index in [1.54, 1.807) is 23.8 Å². The van der Waals surface area contributed by atoms with Crippen LogP contribution < -0.4 is 5.69 Å². The first-order chi connectivity index (χ1) is 15.1. The monoisotopic (exact) mass is 459 g/mol. The molecule has 2 radical (unpaired) electrons. The molecule has 0 atom stereocenters. The standard InChI is InChI=1S/C22H26FN5O3S/c1-15-5-6-20(18(23)11-15)32(30,31)27-9-7-17(8-10-27)28-21-19(26(4)22(28)29)12-16(13-24-21)14-25(2)3/h4-6,11-13,17H,7-10,14H2,1-3H3. The summed E-state index contributed by atoms with van der Waals surface area (Å²) in [6, 6.07) is 5.69. The number of sulfonamides is 1. The summed E-state index contributed by atoms with van der Waals surface area (Å²) in [5.74, 6) is -0.757. The number of benzene rings is 1. The summed E-state index contributed by atoms with van der Waals surface area (Å²) in [5.41, 5.74) is 2.20. The number of rotatable bonds is 5. The van der Waals surface area contributed by atoms with Gasteiger partial charge in [0.05, 0.1) is 12.6 Å². The highest BCUT2D eigenvalue weighted by Crippen LogP contribution is 2.29. The van der Waals surface area contributed by atoms with Crippen molar-refractivity contribution in [1.29, 1.82) is 0 Å². The van der Waals surface area contributed by atoms with E-state index in [9.17, 15) is 17.6 Å². The van der Waals surface area contributed by atoms with Crippen molar-refractivity contribution >= 4 is 21.2 Å². The van der Waals surface area contributed by atoms with Crippen molar-refractivity contribution in [3.8, 4) is 0 Å². The molecule has 1 aromatic carbocycles. The Morgan fingerprint density at radius 1 is 1.22 bits per heavy atom. The molecule has 0 spiro atoms. The lowest BCUT2D eigenvalue weighted by Gasteiger charge is -2.31. The van der Waals surface area contributed by atoms with Gasteiger partial charge in [-0.1, -0.05) is 6.07 Å². The van der Waals surface area contributed by atoms with Crippen molar-refractivity contribution in [2.75, 3.05) is 27.2 Å². The van der Waals surface area contributed by atoms with Crippen LogP contribution in [0.3, 0.4) is 0 Å². The van der Waals surface area contributed by atoms with E-state index < -0.39 is 15.8 Å². The molecule has 1 aliphatic rings. The molecule has 3 aromatic rings. The predicted molar refractivity (Wildman–Crippen MR) is 119 cm³/mol. The van der Waals surface area contributed by atoms with Crippen molar-refractivity contribution in [2.45, 2.75) is 37.2 Å². The molecule has 0 unspecified atom stereocenters. The first kappa shape index (κ1) is 22.6. The van der Waals surface area contributed by atoms with E-state index >= 15 is 0 Å². The minimum atomic E-state index is -3.96. The second-order valence-corrected chi connectivity index (χ2v) is 10.4. The van der Waals surface area contributed by atoms with Crippen LogP contribution in [0.25, 0.3) is 11.2 Å². The average molecular weight is 460 g/mol. The molecule has 8 nitrogen and oxygen atoms in total. The number of hydrogen-bond acceptors (Lipinski definition) is 5. The summed E-state index contributed by atoms with van der Waals surface area (Å²) in [5, 5.41) is 0. The lowest BCUT2D eigenvalue weighted by molar-refractivity contribution is 0.272. The maximum atomic E-state index is 14.3. The van der Waals surface area contributed by atoms with Crippen LogP contribution in [0.2, 0.25) is 0 Å². The van der Waals surface area contributed by atoms with Crippen LogP contribution in [0.5, 0.6) is 0 Å². The van der Waals surface area contributed by atoms with Crippen LogP contribution in [0.4, 0.5) is 4.39 Å². The van der Waals surface area contributed by atoms with Crippen LogP contribution in [-0.4, -0.2) is 58.9 Å². The Balaban J connectivity index is 1.59. The van der Waals surface area contributed by atoms with Gasteiger partial charge in [0.25, 0.3) is 0 Å². The second kappa shape index (κ2) is 8.42. The number of pyridine rings is 1. The number of imidazole rings is 1. The zero-order valence-corrected chi connectivity index (χ0v) is 19.1. The third-order valence-electron chi connectivity index (χ3n) is 5.80. The van der Waals surface area contributed by atoms with Gasteiger partial charge in [0.15, 0.2) is 5.65 Å². The minimum Gasteiger partial charge on any atom is -0.305 e. The van der Waals surface area contributed by atoms with Gasteiger partial charge in [0, 0.05) is 31.9 Å². The van der Waals surface area contributed by atoms with Gasteiger partial charge in [0.2, 0.25) is 10.0 Å². The largest absolute Gasteiger partial charge is 0.330 e. The van der Waals surface area contributed by atoms with Gasteiger partial charge >= 0.3 is 5.69 Å². The molecule has 170 valence electrons. The lowest BCUT2D eigenvalue weighted by atomic mass is 10.1. The molecule has 32 heavy (non-hydrogen) atoms. The quantitative estimate of drug-likeness (QED) is 0.585. The summed E-state index contributed by atoms with van der Waals surface area (Å²) in [6.45, 7) is 2.70. The van der Waals surface area contributed by atoms with Crippen molar-refractivity contribution < 1.29 is 12.8 Å². The molecule has 0 amide bonds. The number of aromatic nitrogens is 3. The summed E-state index contributed by atoms with van der Waals surface area (Å²) >= 11 is 0. The summed E-state index contributed by atoms with van der Waals surface area (Å²) in [4.78, 5) is 19.0. The number of hydrogen-bond donors (Lipinski definition) is 0. The maximum absolute atomic E-state index is 14.3. The topological polar surface area (TPSA) is 80.4 Å². The number of piperidine rings is 1. The molecule has 4 rings (SSSR count). The van der Waals surface area contributed by atoms with Crippen LogP contribution in [0.15, 0.2) is 40.2 Å². The third kappa shape index (κ3) is 3.98. The van der Waals surface area contributed by atoms with Crippen molar-refractivity contribution in [3.63, 3.8) is 0 Å². The van der Waals surface area contributed by atoms with E-state index in [1.807, 2.05) is 25.1 Å². The third-order valence-corrected chi connectivity index (χ3v) is 7.73. The van der Waals surface area contributed by atoms with Crippen LogP contribution in [-0.2, 0) is 16.6 Å². The van der Waals surface area contributed by atoms with Crippen LogP contribution in [0, 0.1) is 19.8 Å². The Hall–Kier alpha value is -2.56. The van der Waals surface area contributed by atoms with Gasteiger partial charge < -0.3 is 4.90 Å². The summed E-state index contributed by atoms with van der Waals surface area (Å²) in [7, 11) is 5.95. The number of halogens is 1. The highest BCUT2D eigenvalue weighted by Gasteiger charge is 2.33. The van der Waals surface area contributed by atoms with E-state index in [1.165, 1.54) is 16.4 Å². The molecule has 3 heterocycles. The maximum Gasteiger partial charge on any atom is 0.330 e. The highest BCUT2D eigenvalue weighted by molar-refractivity contribution is 7.89. The lowest BCUT2D eigenvalue weighted by Crippen LogP contribution is -2.41. The SMILES string of the molecule is [CH]n1c(=O)n(C2CCN(S(=O)(=O)c3ccc(C)cc3F)CC2)c2ncc(CN(C)C)cc21. The Morgan fingerprint density at radius 2 is 1.91 bits per heavy atom. The van der Waals surface area contributed by atoms with E-state index in [0.29, 0.717) is 36.1 Å². The van der Waals surface area contributed by atoms with Gasteiger partial charge in [-0.15, -0.1) is 0 Å². The Kier molecular flexibility index (Phi) is 5.95. The van der Waals surface area contributed by atoms with Gasteiger partial charge in [-0.2, -0.15) is 4.31 Å². The molecule has 10 heteroatoms. The minimum absolute atomic E-state index is 0.169. The average Bonchev–Trinajstić information content (AvgIpc) is 2.97. The molecular weight excluding hydrogens is 433 g/mol. The fourth-order valence-electron chi connectivity index (χ4n) is 4.24. The first-order valence-corrected chi connectivity index (χ1v) is 11.8. The van der Waals surface area contributed by atoms with E-state index in [0.717, 1.165) is 10.1 Å². The van der Waals surface area contributed by atoms with Crippen LogP contribution in [0.1, 0.15) is 30.0 Å². The normalized spacial score (nSPS) is 16.3. The van der Waals surface area contributed by atoms with Gasteiger partial charge in [-0.05, 0) is 63.2 Å². The van der Waals surface area contributed by atoms with E-state index in [-0.39, 0.29) is 29.7 Å². The Bertz CT molecular complexity index is 1320. The van der Waals surface area contributed by atoms with Gasteiger partial charge in [-0.3, -0.25) is 9.13 Å². The van der Waals surface area contributed by atoms with Crippen molar-refractivity contribution in [1.82, 2.24) is 23.3 Å².